The molecule has 0 radical (unpaired) electrons. The molecule has 2 saturated carbocycles. The van der Waals surface area contributed by atoms with Crippen molar-refractivity contribution < 1.29 is 9.59 Å². The first-order valence-corrected chi connectivity index (χ1v) is 8.57. The van der Waals surface area contributed by atoms with Gasteiger partial charge in [-0.25, -0.2) is 0 Å². The molecule has 0 heterocycles. The number of carbonyl (C=O) groups excluding carboxylic acids is 2. The van der Waals surface area contributed by atoms with Crippen molar-refractivity contribution in [3.8, 4) is 0 Å². The number of hydrogen-bond acceptors (Lipinski definition) is 2. The second-order valence-electron chi connectivity index (χ2n) is 7.38. The summed E-state index contributed by atoms with van der Waals surface area (Å²) in [6, 6.07) is 0. The third-order valence-corrected chi connectivity index (χ3v) is 5.93. The van der Waals surface area contributed by atoms with Crippen LogP contribution in [0, 0.1) is 17.3 Å². The zero-order chi connectivity index (χ0) is 14.6. The molecule has 0 spiro atoms. The van der Waals surface area contributed by atoms with Crippen LogP contribution in [0.2, 0.25) is 0 Å². The van der Waals surface area contributed by atoms with Gasteiger partial charge in [0, 0.05) is 25.7 Å². The summed E-state index contributed by atoms with van der Waals surface area (Å²) in [5, 5.41) is 0. The molecule has 114 valence electrons. The summed E-state index contributed by atoms with van der Waals surface area (Å²) < 4.78 is 0. The molecular formula is C18H30O2. The second kappa shape index (κ2) is 6.87. The summed E-state index contributed by atoms with van der Waals surface area (Å²) in [4.78, 5) is 23.3. The molecule has 0 N–H and O–H groups in total. The van der Waals surface area contributed by atoms with Gasteiger partial charge in [0.2, 0.25) is 0 Å². The molecule has 0 amide bonds. The van der Waals surface area contributed by atoms with E-state index < -0.39 is 0 Å². The van der Waals surface area contributed by atoms with Crippen LogP contribution < -0.4 is 0 Å². The highest BCUT2D eigenvalue weighted by atomic mass is 16.1. The Bertz CT molecular complexity index is 350. The van der Waals surface area contributed by atoms with Gasteiger partial charge in [-0.05, 0) is 49.4 Å². The van der Waals surface area contributed by atoms with Crippen LogP contribution >= 0.6 is 0 Å². The summed E-state index contributed by atoms with van der Waals surface area (Å²) >= 11 is 0. The van der Waals surface area contributed by atoms with Gasteiger partial charge in [0.15, 0.2) is 0 Å². The van der Waals surface area contributed by atoms with Crippen molar-refractivity contribution in [3.63, 3.8) is 0 Å². The van der Waals surface area contributed by atoms with Gasteiger partial charge in [-0.1, -0.05) is 26.7 Å². The Kier molecular flexibility index (Phi) is 5.40. The van der Waals surface area contributed by atoms with Crippen LogP contribution in [0.15, 0.2) is 0 Å². The number of rotatable bonds is 4. The molecule has 0 aromatic rings. The second-order valence-corrected chi connectivity index (χ2v) is 7.38. The number of Topliss-reactive ketones (excluding diaryl/α,β-unsaturated/α-hetero) is 2. The smallest absolute Gasteiger partial charge is 0.133 e. The SMILES string of the molecule is CCC(C)(CC1CCCCC(=O)C1)C1CCC(=O)CC1. The zero-order valence-corrected chi connectivity index (χ0v) is 13.2. The predicted octanol–water partition coefficient (Wildman–Crippen LogP) is 4.70. The van der Waals surface area contributed by atoms with E-state index in [1.165, 1.54) is 25.7 Å². The Labute approximate surface area is 123 Å². The Morgan fingerprint density at radius 1 is 1.00 bits per heavy atom. The van der Waals surface area contributed by atoms with Gasteiger partial charge in [0.1, 0.15) is 11.6 Å². The highest BCUT2D eigenvalue weighted by molar-refractivity contribution is 5.79. The van der Waals surface area contributed by atoms with Gasteiger partial charge in [0.25, 0.3) is 0 Å². The molecule has 0 aromatic carbocycles. The molecule has 2 atom stereocenters. The Balaban J connectivity index is 1.98. The van der Waals surface area contributed by atoms with E-state index >= 15 is 0 Å². The minimum Gasteiger partial charge on any atom is -0.300 e. The first-order valence-electron chi connectivity index (χ1n) is 8.57. The molecule has 0 saturated heterocycles. The van der Waals surface area contributed by atoms with E-state index in [4.69, 9.17) is 0 Å². The largest absolute Gasteiger partial charge is 0.300 e. The maximum absolute atomic E-state index is 11.8. The molecule has 2 fully saturated rings. The van der Waals surface area contributed by atoms with Gasteiger partial charge >= 0.3 is 0 Å². The van der Waals surface area contributed by atoms with E-state index in [2.05, 4.69) is 13.8 Å². The van der Waals surface area contributed by atoms with Crippen LogP contribution in [0.1, 0.15) is 84.5 Å². The molecule has 2 heteroatoms. The first-order chi connectivity index (χ1) is 9.53. The van der Waals surface area contributed by atoms with E-state index in [-0.39, 0.29) is 0 Å². The zero-order valence-electron chi connectivity index (χ0n) is 13.2. The normalized spacial score (nSPS) is 29.0. The van der Waals surface area contributed by atoms with E-state index in [1.807, 2.05) is 0 Å². The molecule has 2 rings (SSSR count). The van der Waals surface area contributed by atoms with Crippen molar-refractivity contribution in [2.45, 2.75) is 84.5 Å². The molecular weight excluding hydrogens is 248 g/mol. The third kappa shape index (κ3) is 3.93. The van der Waals surface area contributed by atoms with Crippen LogP contribution in [0.4, 0.5) is 0 Å². The highest BCUT2D eigenvalue weighted by Crippen LogP contribution is 2.46. The lowest BCUT2D eigenvalue weighted by Gasteiger charge is -2.41. The van der Waals surface area contributed by atoms with Gasteiger partial charge in [-0.3, -0.25) is 9.59 Å². The molecule has 0 aromatic heterocycles. The average Bonchev–Trinajstić information content (AvgIpc) is 2.63. The fourth-order valence-electron chi connectivity index (χ4n) is 4.35. The van der Waals surface area contributed by atoms with Crippen LogP contribution in [0.3, 0.4) is 0 Å². The van der Waals surface area contributed by atoms with Gasteiger partial charge in [-0.15, -0.1) is 0 Å². The topological polar surface area (TPSA) is 34.1 Å². The van der Waals surface area contributed by atoms with Crippen LogP contribution in [0.5, 0.6) is 0 Å². The molecule has 20 heavy (non-hydrogen) atoms. The minimum absolute atomic E-state index is 0.329. The summed E-state index contributed by atoms with van der Waals surface area (Å²) in [7, 11) is 0. The van der Waals surface area contributed by atoms with Gasteiger partial charge < -0.3 is 0 Å². The maximum atomic E-state index is 11.8. The van der Waals surface area contributed by atoms with Crippen LogP contribution in [-0.4, -0.2) is 11.6 Å². The van der Waals surface area contributed by atoms with Crippen molar-refractivity contribution in [1.29, 1.82) is 0 Å². The maximum Gasteiger partial charge on any atom is 0.133 e. The number of carbonyl (C=O) groups is 2. The summed E-state index contributed by atoms with van der Waals surface area (Å²) in [5.41, 5.74) is 0.329. The molecule has 2 aliphatic rings. The molecule has 2 aliphatic carbocycles. The van der Waals surface area contributed by atoms with E-state index in [0.29, 0.717) is 28.8 Å². The van der Waals surface area contributed by atoms with E-state index in [0.717, 1.165) is 44.9 Å². The number of hydrogen-bond donors (Lipinski definition) is 0. The van der Waals surface area contributed by atoms with Gasteiger partial charge in [-0.2, -0.15) is 0 Å². The molecule has 2 unspecified atom stereocenters. The average molecular weight is 278 g/mol. The van der Waals surface area contributed by atoms with Crippen molar-refractivity contribution in [1.82, 2.24) is 0 Å². The van der Waals surface area contributed by atoms with E-state index in [1.54, 1.807) is 0 Å². The van der Waals surface area contributed by atoms with Crippen molar-refractivity contribution >= 4 is 11.6 Å². The van der Waals surface area contributed by atoms with Crippen LogP contribution in [0.25, 0.3) is 0 Å². The standard InChI is InChI=1S/C18H30O2/c1-3-18(2,15-8-10-16(19)11-9-15)13-14-6-4-5-7-17(20)12-14/h14-15H,3-13H2,1-2H3. The monoisotopic (exact) mass is 278 g/mol. The Morgan fingerprint density at radius 3 is 2.35 bits per heavy atom. The van der Waals surface area contributed by atoms with Gasteiger partial charge in [0.05, 0.1) is 0 Å². The quantitative estimate of drug-likeness (QED) is 0.698. The lowest BCUT2D eigenvalue weighted by molar-refractivity contribution is -0.122. The fourth-order valence-corrected chi connectivity index (χ4v) is 4.35. The Hall–Kier alpha value is -0.660. The fraction of sp³-hybridized carbons (Fsp3) is 0.889. The summed E-state index contributed by atoms with van der Waals surface area (Å²) in [6.07, 6.45) is 11.2. The Morgan fingerprint density at radius 2 is 1.70 bits per heavy atom. The number of ketones is 2. The lowest BCUT2D eigenvalue weighted by atomic mass is 9.64. The van der Waals surface area contributed by atoms with Crippen molar-refractivity contribution in [2.75, 3.05) is 0 Å². The predicted molar refractivity (Wildman–Crippen MR) is 81.6 cm³/mol. The first kappa shape index (κ1) is 15.7. The van der Waals surface area contributed by atoms with Crippen LogP contribution in [-0.2, 0) is 9.59 Å². The summed E-state index contributed by atoms with van der Waals surface area (Å²) in [6.45, 7) is 4.69. The highest BCUT2D eigenvalue weighted by Gasteiger charge is 2.37. The molecule has 0 bridgehead atoms. The van der Waals surface area contributed by atoms with Crippen molar-refractivity contribution in [3.05, 3.63) is 0 Å². The van der Waals surface area contributed by atoms with Crippen molar-refractivity contribution in [2.24, 2.45) is 17.3 Å². The lowest BCUT2D eigenvalue weighted by Crippen LogP contribution is -2.33. The molecule has 0 aliphatic heterocycles. The minimum atomic E-state index is 0.329. The third-order valence-electron chi connectivity index (χ3n) is 5.93. The molecule has 2 nitrogen and oxygen atoms in total. The van der Waals surface area contributed by atoms with E-state index in [9.17, 15) is 9.59 Å². The summed E-state index contributed by atoms with van der Waals surface area (Å²) in [5.74, 6) is 2.20.